The summed E-state index contributed by atoms with van der Waals surface area (Å²) < 4.78 is 28.1. The molecule has 0 unspecified atom stereocenters. The molecule has 1 aromatic rings. The average Bonchev–Trinajstić information content (AvgIpc) is 2.15. The van der Waals surface area contributed by atoms with Crippen molar-refractivity contribution >= 4 is 11.6 Å². The number of hydrogen-bond acceptors (Lipinski definition) is 3. The zero-order chi connectivity index (χ0) is 10.6. The molecule has 3 nitrogen and oxygen atoms in total. The minimum atomic E-state index is -2.55. The number of pyridine rings is 1. The molecule has 0 saturated carbocycles. The van der Waals surface area contributed by atoms with Crippen LogP contribution in [0.5, 0.6) is 5.75 Å². The first kappa shape index (κ1) is 10.7. The van der Waals surface area contributed by atoms with Crippen LogP contribution in [0, 0.1) is 11.3 Å². The molecule has 0 aliphatic rings. The van der Waals surface area contributed by atoms with Crippen LogP contribution >= 0.6 is 11.6 Å². The summed E-state index contributed by atoms with van der Waals surface area (Å²) in [6.07, 6.45) is -1.38. The molecule has 0 aliphatic heterocycles. The van der Waals surface area contributed by atoms with Crippen LogP contribution in [0.2, 0.25) is 5.02 Å². The van der Waals surface area contributed by atoms with E-state index in [4.69, 9.17) is 16.9 Å². The summed E-state index contributed by atoms with van der Waals surface area (Å²) in [7, 11) is 0. The van der Waals surface area contributed by atoms with E-state index in [1.807, 2.05) is 0 Å². The van der Waals surface area contributed by atoms with Crippen LogP contribution in [0.4, 0.5) is 8.78 Å². The van der Waals surface area contributed by atoms with Gasteiger partial charge in [-0.3, -0.25) is 0 Å². The second-order valence-electron chi connectivity index (χ2n) is 2.32. The van der Waals surface area contributed by atoms with Gasteiger partial charge in [0.25, 0.3) is 6.43 Å². The van der Waals surface area contributed by atoms with Gasteiger partial charge in [0.05, 0.1) is 11.2 Å². The Hall–Kier alpha value is -1.41. The smallest absolute Gasteiger partial charge is 0.272 e. The lowest BCUT2D eigenvalue weighted by atomic mass is 10.3. The highest BCUT2D eigenvalue weighted by atomic mass is 35.5. The second kappa shape index (κ2) is 4.72. The Labute approximate surface area is 83.9 Å². The van der Waals surface area contributed by atoms with Crippen LogP contribution in [0.25, 0.3) is 0 Å². The van der Waals surface area contributed by atoms with Gasteiger partial charge in [-0.05, 0) is 0 Å². The molecule has 0 atom stereocenters. The molecule has 1 heterocycles. The van der Waals surface area contributed by atoms with Gasteiger partial charge >= 0.3 is 0 Å². The van der Waals surface area contributed by atoms with Crippen molar-refractivity contribution in [2.24, 2.45) is 0 Å². The second-order valence-corrected chi connectivity index (χ2v) is 2.72. The molecule has 0 bridgehead atoms. The van der Waals surface area contributed by atoms with Gasteiger partial charge < -0.3 is 4.74 Å². The van der Waals surface area contributed by atoms with Crippen LogP contribution in [0.1, 0.15) is 5.69 Å². The van der Waals surface area contributed by atoms with Gasteiger partial charge in [-0.15, -0.1) is 0 Å². The van der Waals surface area contributed by atoms with E-state index in [9.17, 15) is 8.78 Å². The Morgan fingerprint density at radius 1 is 1.64 bits per heavy atom. The summed E-state index contributed by atoms with van der Waals surface area (Å²) in [6, 6.07) is 3.01. The van der Waals surface area contributed by atoms with Gasteiger partial charge in [0.15, 0.2) is 5.69 Å². The largest absolute Gasteiger partial charge is 0.486 e. The van der Waals surface area contributed by atoms with Crippen molar-refractivity contribution < 1.29 is 13.5 Å². The van der Waals surface area contributed by atoms with Crippen molar-refractivity contribution in [1.29, 1.82) is 5.26 Å². The summed E-state index contributed by atoms with van der Waals surface area (Å²) >= 11 is 5.59. The number of aromatic nitrogens is 1. The number of halogens is 3. The van der Waals surface area contributed by atoms with Crippen molar-refractivity contribution in [1.82, 2.24) is 4.98 Å². The first-order chi connectivity index (χ1) is 6.63. The quantitative estimate of drug-likeness (QED) is 0.782. The van der Waals surface area contributed by atoms with Gasteiger partial charge in [-0.1, -0.05) is 11.6 Å². The third-order valence-corrected chi connectivity index (χ3v) is 1.59. The Morgan fingerprint density at radius 2 is 2.36 bits per heavy atom. The summed E-state index contributed by atoms with van der Waals surface area (Å²) in [5, 5.41) is 8.55. The Balaban J connectivity index is 2.73. The van der Waals surface area contributed by atoms with Crippen LogP contribution in [0.3, 0.4) is 0 Å². The molecule has 0 spiro atoms. The molecule has 0 aromatic carbocycles. The summed E-state index contributed by atoms with van der Waals surface area (Å²) in [5.74, 6) is 0.120. The lowest BCUT2D eigenvalue weighted by Gasteiger charge is -2.04. The fourth-order valence-corrected chi connectivity index (χ4v) is 0.939. The highest BCUT2D eigenvalue weighted by Crippen LogP contribution is 2.19. The normalized spacial score (nSPS) is 9.93. The maximum atomic E-state index is 11.7. The first-order valence-electron chi connectivity index (χ1n) is 3.60. The van der Waals surface area contributed by atoms with Crippen molar-refractivity contribution in [2.75, 3.05) is 6.61 Å². The third-order valence-electron chi connectivity index (χ3n) is 1.30. The molecule has 0 aliphatic carbocycles. The molecule has 14 heavy (non-hydrogen) atoms. The monoisotopic (exact) mass is 218 g/mol. The molecule has 0 fully saturated rings. The average molecular weight is 219 g/mol. The summed E-state index contributed by atoms with van der Waals surface area (Å²) in [5.41, 5.74) is 0.0380. The van der Waals surface area contributed by atoms with E-state index in [0.717, 1.165) is 0 Å². The fraction of sp³-hybridized carbons (Fsp3) is 0.250. The van der Waals surface area contributed by atoms with Crippen LogP contribution in [0.15, 0.2) is 12.3 Å². The molecule has 0 saturated heterocycles. The first-order valence-corrected chi connectivity index (χ1v) is 3.98. The van der Waals surface area contributed by atoms with Crippen molar-refractivity contribution in [2.45, 2.75) is 6.43 Å². The number of rotatable bonds is 3. The number of nitrogens with zero attached hydrogens (tertiary/aromatic N) is 2. The lowest BCUT2D eigenvalue weighted by Crippen LogP contribution is -2.07. The van der Waals surface area contributed by atoms with Crippen molar-refractivity contribution in [3.63, 3.8) is 0 Å². The predicted octanol–water partition coefficient (Wildman–Crippen LogP) is 2.25. The summed E-state index contributed by atoms with van der Waals surface area (Å²) in [4.78, 5) is 3.61. The maximum Gasteiger partial charge on any atom is 0.272 e. The van der Waals surface area contributed by atoms with E-state index in [1.165, 1.54) is 12.3 Å². The molecule has 6 heteroatoms. The fourth-order valence-electron chi connectivity index (χ4n) is 0.741. The number of hydrogen-bond donors (Lipinski definition) is 0. The topological polar surface area (TPSA) is 45.9 Å². The van der Waals surface area contributed by atoms with Gasteiger partial charge in [0.1, 0.15) is 18.4 Å². The van der Waals surface area contributed by atoms with Gasteiger partial charge in [-0.2, -0.15) is 5.26 Å². The molecule has 1 rings (SSSR count). The Kier molecular flexibility index (Phi) is 3.60. The van der Waals surface area contributed by atoms with E-state index in [1.54, 1.807) is 6.07 Å². The van der Waals surface area contributed by atoms with E-state index < -0.39 is 13.0 Å². The molecule has 74 valence electrons. The SMILES string of the molecule is N#Cc1ncc(OCC(F)F)cc1Cl. The highest BCUT2D eigenvalue weighted by Gasteiger charge is 2.06. The van der Waals surface area contributed by atoms with E-state index >= 15 is 0 Å². The van der Waals surface area contributed by atoms with E-state index in [0.29, 0.717) is 0 Å². The minimum Gasteiger partial charge on any atom is -0.486 e. The molecular formula is C8H5ClF2N2O. The van der Waals surface area contributed by atoms with E-state index in [-0.39, 0.29) is 16.5 Å². The Morgan fingerprint density at radius 3 is 2.86 bits per heavy atom. The number of alkyl halides is 2. The van der Waals surface area contributed by atoms with Crippen molar-refractivity contribution in [3.8, 4) is 11.8 Å². The maximum absolute atomic E-state index is 11.7. The van der Waals surface area contributed by atoms with Crippen LogP contribution in [-0.2, 0) is 0 Å². The molecular weight excluding hydrogens is 214 g/mol. The molecule has 0 N–H and O–H groups in total. The standard InChI is InChI=1S/C8H5ClF2N2O/c9-6-1-5(14-4-8(10)11)3-13-7(6)2-12/h1,3,8H,4H2. The highest BCUT2D eigenvalue weighted by molar-refractivity contribution is 6.31. The number of ether oxygens (including phenoxy) is 1. The summed E-state index contributed by atoms with van der Waals surface area (Å²) in [6.45, 7) is -0.718. The zero-order valence-corrected chi connectivity index (χ0v) is 7.63. The van der Waals surface area contributed by atoms with Gasteiger partial charge in [0.2, 0.25) is 0 Å². The van der Waals surface area contributed by atoms with Gasteiger partial charge in [0, 0.05) is 6.07 Å². The molecule has 0 radical (unpaired) electrons. The van der Waals surface area contributed by atoms with Crippen LogP contribution < -0.4 is 4.74 Å². The lowest BCUT2D eigenvalue weighted by molar-refractivity contribution is 0.0817. The number of nitriles is 1. The third kappa shape index (κ3) is 2.82. The molecule has 0 amide bonds. The van der Waals surface area contributed by atoms with E-state index in [2.05, 4.69) is 9.72 Å². The van der Waals surface area contributed by atoms with Crippen molar-refractivity contribution in [3.05, 3.63) is 23.0 Å². The van der Waals surface area contributed by atoms with Crippen LogP contribution in [-0.4, -0.2) is 18.0 Å². The van der Waals surface area contributed by atoms with Gasteiger partial charge in [-0.25, -0.2) is 13.8 Å². The molecule has 1 aromatic heterocycles. The predicted molar refractivity (Wildman–Crippen MR) is 45.5 cm³/mol. The zero-order valence-electron chi connectivity index (χ0n) is 6.88. The Bertz CT molecular complexity index is 365. The minimum absolute atomic E-state index is 0.0380.